The van der Waals surface area contributed by atoms with Crippen LogP contribution in [0.5, 0.6) is 0 Å². The van der Waals surface area contributed by atoms with E-state index in [1.54, 1.807) is 24.4 Å². The number of halogens is 1. The van der Waals surface area contributed by atoms with Gasteiger partial charge in [-0.1, -0.05) is 15.9 Å². The van der Waals surface area contributed by atoms with Crippen LogP contribution in [0.4, 0.5) is 5.69 Å². The van der Waals surface area contributed by atoms with E-state index in [1.807, 2.05) is 0 Å². The molecule has 0 fully saturated rings. The minimum Gasteiger partial charge on any atom is -0.464 e. The second kappa shape index (κ2) is 5.23. The molecule has 0 aliphatic carbocycles. The van der Waals surface area contributed by atoms with Crippen LogP contribution in [0.3, 0.4) is 0 Å². The SMILES string of the molecule is COC(=O)c1cccn1-c1ccc(Br)cc1[N+](=O)[O-]. The number of carbonyl (C=O) groups is 1. The quantitative estimate of drug-likeness (QED) is 0.494. The number of nitro benzene ring substituents is 1. The molecule has 1 aromatic heterocycles. The zero-order valence-electron chi connectivity index (χ0n) is 9.87. The van der Waals surface area contributed by atoms with Crippen molar-refractivity contribution < 1.29 is 14.5 Å². The van der Waals surface area contributed by atoms with Crippen molar-refractivity contribution in [3.63, 3.8) is 0 Å². The Labute approximate surface area is 116 Å². The van der Waals surface area contributed by atoms with Crippen molar-refractivity contribution in [2.24, 2.45) is 0 Å². The Morgan fingerprint density at radius 2 is 2.16 bits per heavy atom. The number of rotatable bonds is 3. The highest BCUT2D eigenvalue weighted by Gasteiger charge is 2.20. The molecule has 7 heteroatoms. The van der Waals surface area contributed by atoms with Crippen molar-refractivity contribution >= 4 is 27.6 Å². The highest BCUT2D eigenvalue weighted by molar-refractivity contribution is 9.10. The second-order valence-corrected chi connectivity index (χ2v) is 4.56. The van der Waals surface area contributed by atoms with E-state index in [4.69, 9.17) is 0 Å². The van der Waals surface area contributed by atoms with Gasteiger partial charge in [-0.05, 0) is 24.3 Å². The first kappa shape index (κ1) is 13.3. The number of benzene rings is 1. The lowest BCUT2D eigenvalue weighted by Gasteiger charge is -2.08. The van der Waals surface area contributed by atoms with Crippen LogP contribution in [0.2, 0.25) is 0 Å². The summed E-state index contributed by atoms with van der Waals surface area (Å²) in [5, 5.41) is 11.1. The Morgan fingerprint density at radius 1 is 1.42 bits per heavy atom. The van der Waals surface area contributed by atoms with Crippen molar-refractivity contribution in [1.29, 1.82) is 0 Å². The highest BCUT2D eigenvalue weighted by Crippen LogP contribution is 2.28. The van der Waals surface area contributed by atoms with Gasteiger partial charge in [0, 0.05) is 16.7 Å². The molecular formula is C12H9BrN2O4. The van der Waals surface area contributed by atoms with Gasteiger partial charge < -0.3 is 9.30 Å². The molecule has 0 bridgehead atoms. The summed E-state index contributed by atoms with van der Waals surface area (Å²) in [5.41, 5.74) is 0.433. The maximum absolute atomic E-state index is 11.6. The maximum atomic E-state index is 11.6. The third kappa shape index (κ3) is 2.50. The molecule has 6 nitrogen and oxygen atoms in total. The van der Waals surface area contributed by atoms with E-state index in [-0.39, 0.29) is 11.4 Å². The summed E-state index contributed by atoms with van der Waals surface area (Å²) < 4.78 is 6.66. The Kier molecular flexibility index (Phi) is 3.66. The molecule has 0 radical (unpaired) electrons. The molecule has 0 atom stereocenters. The zero-order valence-corrected chi connectivity index (χ0v) is 11.5. The maximum Gasteiger partial charge on any atom is 0.355 e. The summed E-state index contributed by atoms with van der Waals surface area (Å²) in [7, 11) is 1.26. The van der Waals surface area contributed by atoms with Gasteiger partial charge in [0.2, 0.25) is 0 Å². The lowest BCUT2D eigenvalue weighted by Crippen LogP contribution is -2.09. The number of esters is 1. The van der Waals surface area contributed by atoms with Crippen molar-refractivity contribution in [2.45, 2.75) is 0 Å². The van der Waals surface area contributed by atoms with Gasteiger partial charge in [-0.25, -0.2) is 4.79 Å². The molecular weight excluding hydrogens is 316 g/mol. The fraction of sp³-hybridized carbons (Fsp3) is 0.0833. The first-order valence-corrected chi connectivity index (χ1v) is 6.04. The molecule has 0 aliphatic rings. The second-order valence-electron chi connectivity index (χ2n) is 3.65. The number of methoxy groups -OCH3 is 1. The molecule has 19 heavy (non-hydrogen) atoms. The molecule has 98 valence electrons. The van der Waals surface area contributed by atoms with Gasteiger partial charge in [0.05, 0.1) is 12.0 Å². The lowest BCUT2D eigenvalue weighted by molar-refractivity contribution is -0.384. The topological polar surface area (TPSA) is 74.4 Å². The van der Waals surface area contributed by atoms with Crippen molar-refractivity contribution in [3.05, 3.63) is 56.8 Å². The predicted octanol–water partition coefficient (Wildman–Crippen LogP) is 2.93. The zero-order chi connectivity index (χ0) is 14.0. The van der Waals surface area contributed by atoms with E-state index in [9.17, 15) is 14.9 Å². The minimum atomic E-state index is -0.554. The minimum absolute atomic E-state index is 0.101. The lowest BCUT2D eigenvalue weighted by atomic mass is 10.2. The smallest absolute Gasteiger partial charge is 0.355 e. The van der Waals surface area contributed by atoms with Crippen LogP contribution in [-0.2, 0) is 4.74 Å². The number of hydrogen-bond donors (Lipinski definition) is 0. The van der Waals surface area contributed by atoms with E-state index in [0.29, 0.717) is 10.2 Å². The fourth-order valence-electron chi connectivity index (χ4n) is 1.71. The van der Waals surface area contributed by atoms with Gasteiger partial charge in [-0.3, -0.25) is 10.1 Å². The van der Waals surface area contributed by atoms with E-state index >= 15 is 0 Å². The Hall–Kier alpha value is -2.15. The molecule has 1 aromatic carbocycles. The first-order valence-electron chi connectivity index (χ1n) is 5.24. The summed E-state index contributed by atoms with van der Waals surface area (Å²) in [4.78, 5) is 22.2. The van der Waals surface area contributed by atoms with Gasteiger partial charge >= 0.3 is 5.97 Å². The Bertz CT molecular complexity index is 651. The standard InChI is InChI=1S/C12H9BrN2O4/c1-19-12(16)10-3-2-6-14(10)9-5-4-8(13)7-11(9)15(17)18/h2-7H,1H3. The normalized spacial score (nSPS) is 10.2. The van der Waals surface area contributed by atoms with Crippen LogP contribution in [-0.4, -0.2) is 22.6 Å². The summed E-state index contributed by atoms with van der Waals surface area (Å²) in [5.74, 6) is -0.554. The first-order chi connectivity index (χ1) is 9.04. The average molecular weight is 325 g/mol. The molecule has 0 amide bonds. The number of hydrogen-bond acceptors (Lipinski definition) is 4. The molecule has 0 aliphatic heterocycles. The summed E-state index contributed by atoms with van der Waals surface area (Å²) in [6.45, 7) is 0. The number of aromatic nitrogens is 1. The van der Waals surface area contributed by atoms with E-state index in [1.165, 1.54) is 23.8 Å². The number of carbonyl (C=O) groups excluding carboxylic acids is 1. The molecule has 0 spiro atoms. The third-order valence-corrected chi connectivity index (χ3v) is 3.03. The number of nitro groups is 1. The van der Waals surface area contributed by atoms with E-state index in [0.717, 1.165) is 0 Å². The van der Waals surface area contributed by atoms with Crippen LogP contribution in [0, 0.1) is 10.1 Å². The van der Waals surface area contributed by atoms with Crippen LogP contribution in [0.15, 0.2) is 41.0 Å². The van der Waals surface area contributed by atoms with E-state index in [2.05, 4.69) is 20.7 Å². The molecule has 0 unspecified atom stereocenters. The van der Waals surface area contributed by atoms with Crippen molar-refractivity contribution in [1.82, 2.24) is 4.57 Å². The Morgan fingerprint density at radius 3 is 2.79 bits per heavy atom. The largest absolute Gasteiger partial charge is 0.464 e. The molecule has 0 saturated carbocycles. The molecule has 0 N–H and O–H groups in total. The monoisotopic (exact) mass is 324 g/mol. The number of nitrogens with zero attached hydrogens (tertiary/aromatic N) is 2. The fourth-order valence-corrected chi connectivity index (χ4v) is 2.06. The van der Waals surface area contributed by atoms with Crippen molar-refractivity contribution in [3.8, 4) is 5.69 Å². The van der Waals surface area contributed by atoms with Crippen molar-refractivity contribution in [2.75, 3.05) is 7.11 Å². The number of ether oxygens (including phenoxy) is 1. The molecule has 1 heterocycles. The summed E-state index contributed by atoms with van der Waals surface area (Å²) in [6, 6.07) is 7.78. The average Bonchev–Trinajstić information content (AvgIpc) is 2.86. The van der Waals surface area contributed by atoms with Crippen LogP contribution < -0.4 is 0 Å². The van der Waals surface area contributed by atoms with E-state index < -0.39 is 10.9 Å². The van der Waals surface area contributed by atoms with Gasteiger partial charge in [0.1, 0.15) is 11.4 Å². The van der Waals surface area contributed by atoms with Crippen LogP contribution in [0.25, 0.3) is 5.69 Å². The van der Waals surface area contributed by atoms with Crippen LogP contribution in [0.1, 0.15) is 10.5 Å². The Balaban J connectivity index is 2.63. The van der Waals surface area contributed by atoms with Gasteiger partial charge in [-0.2, -0.15) is 0 Å². The molecule has 2 aromatic rings. The summed E-state index contributed by atoms with van der Waals surface area (Å²) in [6.07, 6.45) is 1.57. The predicted molar refractivity (Wildman–Crippen MR) is 71.5 cm³/mol. The third-order valence-electron chi connectivity index (χ3n) is 2.54. The van der Waals surface area contributed by atoms with Gasteiger partial charge in [0.25, 0.3) is 5.69 Å². The molecule has 0 saturated heterocycles. The van der Waals surface area contributed by atoms with Gasteiger partial charge in [0.15, 0.2) is 0 Å². The van der Waals surface area contributed by atoms with Gasteiger partial charge in [-0.15, -0.1) is 0 Å². The molecule has 2 rings (SSSR count). The highest BCUT2D eigenvalue weighted by atomic mass is 79.9. The summed E-state index contributed by atoms with van der Waals surface area (Å²) >= 11 is 3.18. The van der Waals surface area contributed by atoms with Crippen LogP contribution >= 0.6 is 15.9 Å².